The Balaban J connectivity index is 1.95. The van der Waals surface area contributed by atoms with Crippen molar-refractivity contribution < 1.29 is 19.1 Å². The Morgan fingerprint density at radius 1 is 1.09 bits per heavy atom. The molecule has 1 atom stereocenters. The topological polar surface area (TPSA) is 64.6 Å². The number of nitrogens with one attached hydrogen (secondary N) is 1. The van der Waals surface area contributed by atoms with Gasteiger partial charge < -0.3 is 14.8 Å². The fourth-order valence-electron chi connectivity index (χ4n) is 4.18. The molecule has 1 aliphatic rings. The second-order valence-electron chi connectivity index (χ2n) is 8.26. The number of ether oxygens (including phenoxy) is 2. The quantitative estimate of drug-likeness (QED) is 0.445. The molecule has 0 spiro atoms. The molecule has 5 nitrogen and oxygen atoms in total. The number of rotatable bonds is 7. The SMILES string of the molecule is CC[C@H](C)Oc1ccc(NC(=O)C2(c3ccc(Cl)cc3Cl)CCCCC2)cc1C(=O)OC. The van der Waals surface area contributed by atoms with E-state index in [9.17, 15) is 9.59 Å². The molecule has 1 fully saturated rings. The van der Waals surface area contributed by atoms with Gasteiger partial charge in [0.25, 0.3) is 0 Å². The third-order valence-electron chi connectivity index (χ3n) is 6.13. The van der Waals surface area contributed by atoms with Gasteiger partial charge in [0.1, 0.15) is 11.3 Å². The maximum absolute atomic E-state index is 13.6. The van der Waals surface area contributed by atoms with E-state index in [4.69, 9.17) is 32.7 Å². The van der Waals surface area contributed by atoms with E-state index in [1.165, 1.54) is 7.11 Å². The lowest BCUT2D eigenvalue weighted by molar-refractivity contribution is -0.122. The largest absolute Gasteiger partial charge is 0.490 e. The Morgan fingerprint density at radius 2 is 1.81 bits per heavy atom. The van der Waals surface area contributed by atoms with E-state index in [0.29, 0.717) is 34.3 Å². The van der Waals surface area contributed by atoms with Crippen molar-refractivity contribution in [1.82, 2.24) is 0 Å². The van der Waals surface area contributed by atoms with Gasteiger partial charge in [0.15, 0.2) is 0 Å². The summed E-state index contributed by atoms with van der Waals surface area (Å²) >= 11 is 12.6. The number of esters is 1. The van der Waals surface area contributed by atoms with Crippen LogP contribution >= 0.6 is 23.2 Å². The molecule has 1 N–H and O–H groups in total. The smallest absolute Gasteiger partial charge is 0.341 e. The van der Waals surface area contributed by atoms with Gasteiger partial charge in [-0.3, -0.25) is 4.79 Å². The van der Waals surface area contributed by atoms with Crippen LogP contribution in [0.1, 0.15) is 68.3 Å². The first-order chi connectivity index (χ1) is 15.3. The summed E-state index contributed by atoms with van der Waals surface area (Å²) < 4.78 is 10.8. The van der Waals surface area contributed by atoms with E-state index in [-0.39, 0.29) is 17.6 Å². The number of carbonyl (C=O) groups is 2. The fraction of sp³-hybridized carbons (Fsp3) is 0.440. The monoisotopic (exact) mass is 477 g/mol. The highest BCUT2D eigenvalue weighted by Gasteiger charge is 2.42. The number of hydrogen-bond acceptors (Lipinski definition) is 4. The Morgan fingerprint density at radius 3 is 2.44 bits per heavy atom. The lowest BCUT2D eigenvalue weighted by atomic mass is 9.68. The molecule has 3 rings (SSSR count). The molecule has 0 unspecified atom stereocenters. The van der Waals surface area contributed by atoms with Crippen LogP contribution in [0.15, 0.2) is 36.4 Å². The van der Waals surface area contributed by atoms with Crippen LogP contribution in [-0.2, 0) is 14.9 Å². The van der Waals surface area contributed by atoms with Crippen LogP contribution in [0.2, 0.25) is 10.0 Å². The van der Waals surface area contributed by atoms with Crippen molar-refractivity contribution in [1.29, 1.82) is 0 Å². The molecular weight excluding hydrogens is 449 g/mol. The second kappa shape index (κ2) is 10.6. The van der Waals surface area contributed by atoms with Crippen LogP contribution in [0.3, 0.4) is 0 Å². The van der Waals surface area contributed by atoms with Crippen LogP contribution in [0.4, 0.5) is 5.69 Å². The number of amides is 1. The Bertz CT molecular complexity index is 986. The zero-order chi connectivity index (χ0) is 23.3. The molecule has 0 bridgehead atoms. The summed E-state index contributed by atoms with van der Waals surface area (Å²) in [5.41, 5.74) is 0.803. The first-order valence-electron chi connectivity index (χ1n) is 11.0. The van der Waals surface area contributed by atoms with E-state index in [1.54, 1.807) is 30.3 Å². The van der Waals surface area contributed by atoms with Gasteiger partial charge in [0, 0.05) is 15.7 Å². The summed E-state index contributed by atoms with van der Waals surface area (Å²) in [4.78, 5) is 26.0. The van der Waals surface area contributed by atoms with Gasteiger partial charge >= 0.3 is 5.97 Å². The first kappa shape index (κ1) is 24.4. The lowest BCUT2D eigenvalue weighted by Gasteiger charge is -2.37. The van der Waals surface area contributed by atoms with Crippen molar-refractivity contribution in [3.05, 3.63) is 57.6 Å². The van der Waals surface area contributed by atoms with Gasteiger partial charge in [-0.15, -0.1) is 0 Å². The van der Waals surface area contributed by atoms with E-state index in [2.05, 4.69) is 5.32 Å². The molecule has 172 valence electrons. The van der Waals surface area contributed by atoms with Crippen LogP contribution in [0.5, 0.6) is 5.75 Å². The van der Waals surface area contributed by atoms with Crippen LogP contribution in [0.25, 0.3) is 0 Å². The molecule has 32 heavy (non-hydrogen) atoms. The normalized spacial score (nSPS) is 16.2. The molecule has 2 aromatic rings. The first-order valence-corrected chi connectivity index (χ1v) is 11.7. The highest BCUT2D eigenvalue weighted by molar-refractivity contribution is 6.35. The molecular formula is C25H29Cl2NO4. The number of hydrogen-bond donors (Lipinski definition) is 1. The summed E-state index contributed by atoms with van der Waals surface area (Å²) in [6.45, 7) is 3.93. The summed E-state index contributed by atoms with van der Waals surface area (Å²) in [5.74, 6) is -0.238. The summed E-state index contributed by atoms with van der Waals surface area (Å²) in [7, 11) is 1.32. The average Bonchev–Trinajstić information content (AvgIpc) is 2.79. The van der Waals surface area contributed by atoms with Crippen molar-refractivity contribution in [2.24, 2.45) is 0 Å². The molecule has 0 saturated heterocycles. The van der Waals surface area contributed by atoms with Crippen molar-refractivity contribution in [3.8, 4) is 5.75 Å². The van der Waals surface area contributed by atoms with Crippen LogP contribution in [-0.4, -0.2) is 25.1 Å². The number of carbonyl (C=O) groups excluding carboxylic acids is 2. The van der Waals surface area contributed by atoms with Gasteiger partial charge in [-0.25, -0.2) is 4.79 Å². The third kappa shape index (κ3) is 5.21. The van der Waals surface area contributed by atoms with E-state index in [1.807, 2.05) is 19.9 Å². The zero-order valence-corrected chi connectivity index (χ0v) is 20.2. The standard InChI is InChI=1S/C25H29Cl2NO4/c1-4-16(2)32-22-11-9-18(15-19(22)23(29)31-3)28-24(30)25(12-6-5-7-13-25)20-10-8-17(26)14-21(20)27/h8-11,14-16H,4-7,12-13H2,1-3H3,(H,28,30)/t16-/m0/s1. The predicted octanol–water partition coefficient (Wildman–Crippen LogP) is 6.80. The van der Waals surface area contributed by atoms with Gasteiger partial charge in [0.2, 0.25) is 5.91 Å². The fourth-order valence-corrected chi connectivity index (χ4v) is 4.77. The number of anilines is 1. The van der Waals surface area contributed by atoms with Gasteiger partial charge in [-0.1, -0.05) is 55.5 Å². The number of halogens is 2. The lowest BCUT2D eigenvalue weighted by Crippen LogP contribution is -2.42. The molecule has 7 heteroatoms. The second-order valence-corrected chi connectivity index (χ2v) is 9.10. The highest BCUT2D eigenvalue weighted by atomic mass is 35.5. The number of benzene rings is 2. The van der Waals surface area contributed by atoms with Gasteiger partial charge in [-0.05, 0) is 62.1 Å². The van der Waals surface area contributed by atoms with Crippen molar-refractivity contribution in [2.75, 3.05) is 12.4 Å². The van der Waals surface area contributed by atoms with Gasteiger partial charge in [0.05, 0.1) is 18.6 Å². The maximum atomic E-state index is 13.6. The minimum atomic E-state index is -0.753. The van der Waals surface area contributed by atoms with Crippen LogP contribution < -0.4 is 10.1 Å². The Hall–Kier alpha value is -2.24. The molecule has 0 radical (unpaired) electrons. The highest BCUT2D eigenvalue weighted by Crippen LogP contribution is 2.44. The summed E-state index contributed by atoms with van der Waals surface area (Å²) in [6, 6.07) is 10.3. The summed E-state index contributed by atoms with van der Waals surface area (Å²) in [5, 5.41) is 4.03. The van der Waals surface area contributed by atoms with Crippen molar-refractivity contribution >= 4 is 40.8 Å². The molecule has 1 aliphatic carbocycles. The molecule has 0 aromatic heterocycles. The minimum Gasteiger partial charge on any atom is -0.490 e. The van der Waals surface area contributed by atoms with Crippen molar-refractivity contribution in [2.45, 2.75) is 63.9 Å². The third-order valence-corrected chi connectivity index (χ3v) is 6.68. The molecule has 0 heterocycles. The molecule has 2 aromatic carbocycles. The van der Waals surface area contributed by atoms with Gasteiger partial charge in [-0.2, -0.15) is 0 Å². The average molecular weight is 478 g/mol. The molecule has 1 amide bonds. The number of methoxy groups -OCH3 is 1. The van der Waals surface area contributed by atoms with Crippen LogP contribution in [0, 0.1) is 0 Å². The maximum Gasteiger partial charge on any atom is 0.341 e. The zero-order valence-electron chi connectivity index (χ0n) is 18.7. The minimum absolute atomic E-state index is 0.0589. The molecule has 0 aliphatic heterocycles. The van der Waals surface area contributed by atoms with E-state index >= 15 is 0 Å². The predicted molar refractivity (Wildman–Crippen MR) is 128 cm³/mol. The molecule has 1 saturated carbocycles. The van der Waals surface area contributed by atoms with E-state index < -0.39 is 11.4 Å². The summed E-state index contributed by atoms with van der Waals surface area (Å²) in [6.07, 6.45) is 5.07. The Kier molecular flexibility index (Phi) is 8.07. The van der Waals surface area contributed by atoms with E-state index in [0.717, 1.165) is 31.2 Å². The van der Waals surface area contributed by atoms with Crippen molar-refractivity contribution in [3.63, 3.8) is 0 Å². The Labute approximate surface area is 199 Å².